The molecule has 2 aromatic heterocycles. The first-order valence-electron chi connectivity index (χ1n) is 11.5. The zero-order valence-corrected chi connectivity index (χ0v) is 20.1. The topological polar surface area (TPSA) is 91.5 Å². The van der Waals surface area contributed by atoms with Gasteiger partial charge in [-0.1, -0.05) is 0 Å². The maximum Gasteiger partial charge on any atom is 0.418 e. The number of nitrogens with one attached hydrogen (secondary N) is 3. The van der Waals surface area contributed by atoms with Gasteiger partial charge in [0.1, 0.15) is 11.4 Å². The first-order valence-corrected chi connectivity index (χ1v) is 11.5. The van der Waals surface area contributed by atoms with E-state index in [1.54, 1.807) is 0 Å². The number of aromatic amines is 1. The highest BCUT2D eigenvalue weighted by atomic mass is 19.4. The van der Waals surface area contributed by atoms with Crippen molar-refractivity contribution >= 4 is 22.8 Å². The van der Waals surface area contributed by atoms with E-state index in [4.69, 9.17) is 9.47 Å². The average molecular weight is 527 g/mol. The normalized spacial score (nSPS) is 15.1. The Morgan fingerprint density at radius 3 is 2.51 bits per heavy atom. The molecule has 1 saturated heterocycles. The van der Waals surface area contributed by atoms with Crippen LogP contribution in [0.25, 0.3) is 11.0 Å². The summed E-state index contributed by atoms with van der Waals surface area (Å²) in [5.74, 6) is -3.77. The highest BCUT2D eigenvalue weighted by Crippen LogP contribution is 2.40. The van der Waals surface area contributed by atoms with E-state index in [9.17, 15) is 26.7 Å². The van der Waals surface area contributed by atoms with Crippen molar-refractivity contribution in [3.8, 4) is 11.5 Å². The molecule has 3 heterocycles. The average Bonchev–Trinajstić information content (AvgIpc) is 3.28. The van der Waals surface area contributed by atoms with Crippen molar-refractivity contribution in [2.45, 2.75) is 32.0 Å². The Balaban J connectivity index is 1.42. The van der Waals surface area contributed by atoms with Gasteiger partial charge in [0.25, 0.3) is 0 Å². The third kappa shape index (κ3) is 6.10. The molecule has 0 spiro atoms. The Hall–Kier alpha value is -3.45. The van der Waals surface area contributed by atoms with Crippen LogP contribution in [0.2, 0.25) is 0 Å². The van der Waals surface area contributed by atoms with Gasteiger partial charge in [-0.25, -0.2) is 18.6 Å². The summed E-state index contributed by atoms with van der Waals surface area (Å²) in [6.07, 6.45) is -2.26. The first kappa shape index (κ1) is 26.6. The molecule has 200 valence electrons. The standard InChI is InChI=1S/C24H26F5N5O3/c1-23(2,34-7-9-36-10-8-34)4-6-31-22(35)33-14-11-16(25)20(17(26)12-14)37-18-3-5-30-21-19(18)15(13-32-21)24(27,28)29/h3,5,11-13H,4,6-10H2,1-2H3,(H,30,32)(H2,31,33,35). The maximum absolute atomic E-state index is 14.7. The number of pyridine rings is 1. The number of H-pyrrole nitrogens is 1. The van der Waals surface area contributed by atoms with Crippen LogP contribution in [-0.4, -0.2) is 59.3 Å². The number of morpholine rings is 1. The second kappa shape index (κ2) is 10.5. The van der Waals surface area contributed by atoms with E-state index >= 15 is 0 Å². The van der Waals surface area contributed by atoms with Crippen LogP contribution in [-0.2, 0) is 10.9 Å². The molecule has 4 rings (SSSR count). The number of carbonyl (C=O) groups is 1. The van der Waals surface area contributed by atoms with Gasteiger partial charge in [-0.05, 0) is 26.3 Å². The SMILES string of the molecule is CC(C)(CCNC(=O)Nc1cc(F)c(Oc2ccnc3[nH]cc(C(F)(F)F)c23)c(F)c1)N1CCOCC1. The van der Waals surface area contributed by atoms with Crippen molar-refractivity contribution in [2.75, 3.05) is 38.2 Å². The summed E-state index contributed by atoms with van der Waals surface area (Å²) in [6.45, 7) is 7.31. The van der Waals surface area contributed by atoms with Gasteiger partial charge in [-0.3, -0.25) is 4.90 Å². The minimum Gasteiger partial charge on any atom is -0.450 e. The predicted octanol–water partition coefficient (Wildman–Crippen LogP) is 5.27. The Morgan fingerprint density at radius 2 is 1.86 bits per heavy atom. The van der Waals surface area contributed by atoms with Gasteiger partial charge >= 0.3 is 12.2 Å². The van der Waals surface area contributed by atoms with E-state index in [2.05, 4.69) is 39.3 Å². The summed E-state index contributed by atoms with van der Waals surface area (Å²) in [5.41, 5.74) is -1.61. The fourth-order valence-corrected chi connectivity index (χ4v) is 4.16. The number of amides is 2. The quantitative estimate of drug-likeness (QED) is 0.364. The lowest BCUT2D eigenvalue weighted by atomic mass is 9.97. The first-order chi connectivity index (χ1) is 17.5. The molecule has 3 aromatic rings. The highest BCUT2D eigenvalue weighted by molar-refractivity contribution is 5.89. The number of anilines is 1. The second-order valence-corrected chi connectivity index (χ2v) is 9.15. The molecule has 1 aliphatic heterocycles. The van der Waals surface area contributed by atoms with Crippen LogP contribution < -0.4 is 15.4 Å². The molecule has 8 nitrogen and oxygen atoms in total. The maximum atomic E-state index is 14.7. The second-order valence-electron chi connectivity index (χ2n) is 9.15. The third-order valence-corrected chi connectivity index (χ3v) is 6.20. The van der Waals surface area contributed by atoms with E-state index in [-0.39, 0.29) is 16.9 Å². The number of urea groups is 1. The fourth-order valence-electron chi connectivity index (χ4n) is 4.16. The number of ether oxygens (including phenoxy) is 2. The molecule has 37 heavy (non-hydrogen) atoms. The van der Waals surface area contributed by atoms with Crippen molar-refractivity contribution in [2.24, 2.45) is 0 Å². The molecule has 0 radical (unpaired) electrons. The third-order valence-electron chi connectivity index (χ3n) is 6.20. The smallest absolute Gasteiger partial charge is 0.418 e. The summed E-state index contributed by atoms with van der Waals surface area (Å²) >= 11 is 0. The Kier molecular flexibility index (Phi) is 7.55. The molecule has 0 aliphatic carbocycles. The lowest BCUT2D eigenvalue weighted by molar-refractivity contribution is -0.136. The van der Waals surface area contributed by atoms with E-state index in [1.807, 2.05) is 0 Å². The summed E-state index contributed by atoms with van der Waals surface area (Å²) < 4.78 is 80.1. The zero-order chi connectivity index (χ0) is 26.8. The molecule has 2 amide bonds. The van der Waals surface area contributed by atoms with Gasteiger partial charge < -0.3 is 25.1 Å². The Bertz CT molecular complexity index is 1250. The number of benzene rings is 1. The molecule has 0 unspecified atom stereocenters. The van der Waals surface area contributed by atoms with Gasteiger partial charge in [-0.15, -0.1) is 0 Å². The Labute approximate surface area is 209 Å². The monoisotopic (exact) mass is 527 g/mol. The van der Waals surface area contributed by atoms with Crippen molar-refractivity contribution in [1.82, 2.24) is 20.2 Å². The largest absolute Gasteiger partial charge is 0.450 e. The molecule has 3 N–H and O–H groups in total. The van der Waals surface area contributed by atoms with Crippen LogP contribution in [0.1, 0.15) is 25.8 Å². The van der Waals surface area contributed by atoms with E-state index in [0.717, 1.165) is 37.5 Å². The number of halogens is 5. The van der Waals surface area contributed by atoms with Crippen molar-refractivity contribution in [3.63, 3.8) is 0 Å². The molecule has 1 fully saturated rings. The summed E-state index contributed by atoms with van der Waals surface area (Å²) in [5, 5.41) is 4.55. The Morgan fingerprint density at radius 1 is 1.19 bits per heavy atom. The molecule has 0 atom stereocenters. The van der Waals surface area contributed by atoms with Crippen LogP contribution in [0.4, 0.5) is 32.4 Å². The number of nitrogens with zero attached hydrogens (tertiary/aromatic N) is 2. The van der Waals surface area contributed by atoms with E-state index in [0.29, 0.717) is 32.4 Å². The molecule has 0 saturated carbocycles. The summed E-state index contributed by atoms with van der Waals surface area (Å²) in [6, 6.07) is 2.04. The van der Waals surface area contributed by atoms with Crippen LogP contribution in [0.5, 0.6) is 11.5 Å². The van der Waals surface area contributed by atoms with Crippen molar-refractivity contribution in [3.05, 3.63) is 47.8 Å². The van der Waals surface area contributed by atoms with Crippen LogP contribution in [0.3, 0.4) is 0 Å². The van der Waals surface area contributed by atoms with Crippen LogP contribution in [0.15, 0.2) is 30.6 Å². The number of alkyl halides is 3. The fraction of sp³-hybridized carbons (Fsp3) is 0.417. The molecular weight excluding hydrogens is 501 g/mol. The number of hydrogen-bond acceptors (Lipinski definition) is 5. The van der Waals surface area contributed by atoms with Gasteiger partial charge in [0.05, 0.1) is 24.2 Å². The molecular formula is C24H26F5N5O3. The number of rotatable bonds is 7. The minimum absolute atomic E-state index is 0.155. The molecule has 1 aliphatic rings. The number of carbonyl (C=O) groups excluding carboxylic acids is 1. The lowest BCUT2D eigenvalue weighted by Crippen LogP contribution is -2.51. The van der Waals surface area contributed by atoms with Gasteiger partial charge in [0, 0.05) is 55.4 Å². The molecule has 13 heteroatoms. The van der Waals surface area contributed by atoms with Gasteiger partial charge in [0.2, 0.25) is 0 Å². The number of aromatic nitrogens is 2. The van der Waals surface area contributed by atoms with Crippen molar-refractivity contribution in [1.29, 1.82) is 0 Å². The predicted molar refractivity (Wildman–Crippen MR) is 126 cm³/mol. The summed E-state index contributed by atoms with van der Waals surface area (Å²) in [7, 11) is 0. The minimum atomic E-state index is -4.74. The van der Waals surface area contributed by atoms with Crippen LogP contribution in [0, 0.1) is 11.6 Å². The zero-order valence-electron chi connectivity index (χ0n) is 20.1. The molecule has 0 bridgehead atoms. The van der Waals surface area contributed by atoms with E-state index < -0.39 is 46.3 Å². The summed E-state index contributed by atoms with van der Waals surface area (Å²) in [4.78, 5) is 20.7. The molecule has 1 aromatic carbocycles. The van der Waals surface area contributed by atoms with Crippen LogP contribution >= 0.6 is 0 Å². The lowest BCUT2D eigenvalue weighted by Gasteiger charge is -2.41. The van der Waals surface area contributed by atoms with E-state index in [1.165, 1.54) is 0 Å². The van der Waals surface area contributed by atoms with Gasteiger partial charge in [0.15, 0.2) is 17.4 Å². The van der Waals surface area contributed by atoms with Gasteiger partial charge in [-0.2, -0.15) is 13.2 Å². The highest BCUT2D eigenvalue weighted by Gasteiger charge is 2.35. The number of fused-ring (bicyclic) bond motifs is 1. The van der Waals surface area contributed by atoms with Crippen molar-refractivity contribution < 1.29 is 36.2 Å². The number of hydrogen-bond donors (Lipinski definition) is 3.